The van der Waals surface area contributed by atoms with Gasteiger partial charge in [0, 0.05) is 39.1 Å². The fourth-order valence-electron chi connectivity index (χ4n) is 2.56. The Morgan fingerprint density at radius 2 is 1.45 bits per heavy atom. The number of rotatable bonds is 10. The summed E-state index contributed by atoms with van der Waals surface area (Å²) in [5.41, 5.74) is 1.93. The minimum absolute atomic E-state index is 0.0329. The van der Waals surface area contributed by atoms with Gasteiger partial charge in [0.05, 0.1) is 10.6 Å². The number of hydrogen-bond acceptors (Lipinski definition) is 6. The first-order valence-corrected chi connectivity index (χ1v) is 12.5. The highest BCUT2D eigenvalue weighted by Gasteiger charge is 2.21. The summed E-state index contributed by atoms with van der Waals surface area (Å²) >= 11 is 0. The summed E-state index contributed by atoms with van der Waals surface area (Å²) in [7, 11) is -1.33. The van der Waals surface area contributed by atoms with Gasteiger partial charge in [0.2, 0.25) is 10.0 Å². The summed E-state index contributed by atoms with van der Waals surface area (Å²) in [4.78, 5) is 2.13. The number of benzene rings is 2. The molecule has 0 radical (unpaired) electrons. The van der Waals surface area contributed by atoms with Crippen molar-refractivity contribution >= 4 is 25.5 Å². The summed E-state index contributed by atoms with van der Waals surface area (Å²) in [6.07, 6.45) is 0. The Hall–Kier alpha value is -2.10. The van der Waals surface area contributed by atoms with E-state index in [9.17, 15) is 16.8 Å². The molecule has 0 aliphatic rings. The summed E-state index contributed by atoms with van der Waals surface area (Å²) in [6, 6.07) is 13.7. The van der Waals surface area contributed by atoms with Crippen LogP contribution in [0.4, 0.5) is 5.69 Å². The molecule has 0 aliphatic heterocycles. The molecular weight excluding hydrogens is 412 g/mol. The molecule has 0 unspecified atom stereocenters. The Labute approximate surface area is 173 Å². The minimum Gasteiger partial charge on any atom is -0.493 e. The van der Waals surface area contributed by atoms with E-state index in [1.54, 1.807) is 6.92 Å². The van der Waals surface area contributed by atoms with Crippen molar-refractivity contribution in [2.45, 2.75) is 18.4 Å². The molecule has 0 fully saturated rings. The van der Waals surface area contributed by atoms with Crippen LogP contribution in [0.5, 0.6) is 5.75 Å². The first kappa shape index (κ1) is 23.2. The van der Waals surface area contributed by atoms with Crippen molar-refractivity contribution in [3.63, 3.8) is 0 Å². The zero-order valence-corrected chi connectivity index (χ0v) is 18.8. The van der Waals surface area contributed by atoms with Crippen LogP contribution in [-0.2, 0) is 26.4 Å². The maximum atomic E-state index is 12.8. The van der Waals surface area contributed by atoms with Crippen LogP contribution in [0.25, 0.3) is 0 Å². The fourth-order valence-corrected chi connectivity index (χ4v) is 4.35. The van der Waals surface area contributed by atoms with E-state index in [1.165, 1.54) is 35.6 Å². The molecule has 160 valence electrons. The largest absolute Gasteiger partial charge is 0.493 e. The molecule has 7 nitrogen and oxygen atoms in total. The van der Waals surface area contributed by atoms with E-state index in [0.717, 1.165) is 11.3 Å². The van der Waals surface area contributed by atoms with Gasteiger partial charge >= 0.3 is 0 Å². The number of ether oxygens (including phenoxy) is 1. The molecule has 0 saturated heterocycles. The normalized spacial score (nSPS) is 12.2. The average molecular weight is 441 g/mol. The van der Waals surface area contributed by atoms with Gasteiger partial charge in [-0.15, -0.1) is 0 Å². The lowest BCUT2D eigenvalue weighted by atomic mass is 10.2. The third-order valence-electron chi connectivity index (χ3n) is 4.49. The standard InChI is InChI=1S/C20H28N2O5S2/c1-5-28(23,24)15-14-27-19-10-12-20(13-11-19)29(25,26)22(4)16-17-6-8-18(9-7-17)21(2)3/h6-13H,5,14-16H2,1-4H3. The van der Waals surface area contributed by atoms with Gasteiger partial charge in [0.15, 0.2) is 9.84 Å². The highest BCUT2D eigenvalue weighted by Crippen LogP contribution is 2.21. The molecule has 0 N–H and O–H groups in total. The molecule has 0 spiro atoms. The lowest BCUT2D eigenvalue weighted by molar-refractivity contribution is 0.340. The lowest BCUT2D eigenvalue weighted by Crippen LogP contribution is -2.26. The molecule has 0 atom stereocenters. The Kier molecular flexibility index (Phi) is 7.67. The van der Waals surface area contributed by atoms with E-state index in [-0.39, 0.29) is 29.6 Å². The molecule has 0 amide bonds. The highest BCUT2D eigenvalue weighted by atomic mass is 32.2. The van der Waals surface area contributed by atoms with Crippen LogP contribution in [-0.4, -0.2) is 60.4 Å². The van der Waals surface area contributed by atoms with Crippen molar-refractivity contribution in [3.8, 4) is 5.75 Å². The SMILES string of the molecule is CCS(=O)(=O)CCOc1ccc(S(=O)(=O)N(C)Cc2ccc(N(C)C)cc2)cc1. The van der Waals surface area contributed by atoms with Crippen LogP contribution in [0.15, 0.2) is 53.4 Å². The van der Waals surface area contributed by atoms with Crippen molar-refractivity contribution in [1.29, 1.82) is 0 Å². The van der Waals surface area contributed by atoms with Crippen LogP contribution in [0.2, 0.25) is 0 Å². The van der Waals surface area contributed by atoms with Gasteiger partial charge < -0.3 is 9.64 Å². The lowest BCUT2D eigenvalue weighted by Gasteiger charge is -2.18. The van der Waals surface area contributed by atoms with Crippen molar-refractivity contribution < 1.29 is 21.6 Å². The molecular formula is C20H28N2O5S2. The van der Waals surface area contributed by atoms with Crippen LogP contribution in [0, 0.1) is 0 Å². The number of sulfone groups is 1. The fraction of sp³-hybridized carbons (Fsp3) is 0.400. The van der Waals surface area contributed by atoms with Gasteiger partial charge in [-0.2, -0.15) is 4.31 Å². The summed E-state index contributed by atoms with van der Waals surface area (Å²) in [5.74, 6) is 0.425. The smallest absolute Gasteiger partial charge is 0.243 e. The maximum Gasteiger partial charge on any atom is 0.243 e. The third-order valence-corrected chi connectivity index (χ3v) is 7.98. The Morgan fingerprint density at radius 1 is 0.862 bits per heavy atom. The summed E-state index contributed by atoms with van der Waals surface area (Å²) < 4.78 is 55.3. The predicted molar refractivity (Wildman–Crippen MR) is 116 cm³/mol. The first-order chi connectivity index (χ1) is 13.5. The predicted octanol–water partition coefficient (Wildman–Crippen LogP) is 2.39. The summed E-state index contributed by atoms with van der Waals surface area (Å²) in [5, 5.41) is 0. The van der Waals surface area contributed by atoms with Gasteiger partial charge in [0.25, 0.3) is 0 Å². The Morgan fingerprint density at radius 3 is 1.97 bits per heavy atom. The van der Waals surface area contributed by atoms with E-state index >= 15 is 0 Å². The Bertz CT molecular complexity index is 1000. The van der Waals surface area contributed by atoms with E-state index in [1.807, 2.05) is 43.3 Å². The molecule has 0 heterocycles. The molecule has 2 rings (SSSR count). The second kappa shape index (κ2) is 9.60. The maximum absolute atomic E-state index is 12.8. The molecule has 0 saturated carbocycles. The molecule has 2 aromatic rings. The van der Waals surface area contributed by atoms with Crippen molar-refractivity contribution in [3.05, 3.63) is 54.1 Å². The monoisotopic (exact) mass is 440 g/mol. The number of sulfonamides is 1. The quantitative estimate of drug-likeness (QED) is 0.564. The number of nitrogens with zero attached hydrogens (tertiary/aromatic N) is 2. The van der Waals surface area contributed by atoms with Crippen molar-refractivity contribution in [2.75, 3.05) is 44.2 Å². The van der Waals surface area contributed by atoms with Gasteiger partial charge in [-0.25, -0.2) is 16.8 Å². The zero-order valence-electron chi connectivity index (χ0n) is 17.2. The summed E-state index contributed by atoms with van der Waals surface area (Å²) in [6.45, 7) is 1.87. The highest BCUT2D eigenvalue weighted by molar-refractivity contribution is 7.91. The van der Waals surface area contributed by atoms with Crippen LogP contribution < -0.4 is 9.64 Å². The van der Waals surface area contributed by atoms with E-state index in [4.69, 9.17) is 4.74 Å². The van der Waals surface area contributed by atoms with Gasteiger partial charge in [-0.3, -0.25) is 0 Å². The third kappa shape index (κ3) is 6.45. The van der Waals surface area contributed by atoms with Crippen LogP contribution >= 0.6 is 0 Å². The van der Waals surface area contributed by atoms with Gasteiger partial charge in [-0.1, -0.05) is 19.1 Å². The molecule has 0 bridgehead atoms. The van der Waals surface area contributed by atoms with Crippen molar-refractivity contribution in [1.82, 2.24) is 4.31 Å². The number of anilines is 1. The molecule has 29 heavy (non-hydrogen) atoms. The van der Waals surface area contributed by atoms with Gasteiger partial charge in [-0.05, 0) is 42.0 Å². The molecule has 2 aromatic carbocycles. The second-order valence-electron chi connectivity index (χ2n) is 6.88. The second-order valence-corrected chi connectivity index (χ2v) is 11.4. The van der Waals surface area contributed by atoms with E-state index in [0.29, 0.717) is 5.75 Å². The minimum atomic E-state index is -3.66. The number of hydrogen-bond donors (Lipinski definition) is 0. The van der Waals surface area contributed by atoms with Crippen molar-refractivity contribution in [2.24, 2.45) is 0 Å². The van der Waals surface area contributed by atoms with Crippen LogP contribution in [0.3, 0.4) is 0 Å². The van der Waals surface area contributed by atoms with E-state index < -0.39 is 19.9 Å². The van der Waals surface area contributed by atoms with Gasteiger partial charge in [0.1, 0.15) is 12.4 Å². The molecule has 9 heteroatoms. The molecule has 0 aliphatic carbocycles. The first-order valence-electron chi connectivity index (χ1n) is 9.21. The van der Waals surface area contributed by atoms with E-state index in [2.05, 4.69) is 0 Å². The zero-order chi connectivity index (χ0) is 21.7. The Balaban J connectivity index is 2.02. The average Bonchev–Trinajstić information content (AvgIpc) is 2.68. The topological polar surface area (TPSA) is 84.0 Å². The molecule has 0 aromatic heterocycles. The van der Waals surface area contributed by atoms with Crippen LogP contribution in [0.1, 0.15) is 12.5 Å².